The largest absolute Gasteiger partial charge is 0.489 e. The van der Waals surface area contributed by atoms with Gasteiger partial charge in [-0.1, -0.05) is 30.3 Å². The Balaban J connectivity index is 1.57. The number of nitrogen functional groups attached to an aromatic ring is 1. The molecular formula is C22H20N4O2. The Morgan fingerprint density at radius 3 is 2.36 bits per heavy atom. The molecule has 0 amide bonds. The van der Waals surface area contributed by atoms with E-state index in [2.05, 4.69) is 15.0 Å². The van der Waals surface area contributed by atoms with Gasteiger partial charge in [0.05, 0.1) is 17.8 Å². The fourth-order valence-corrected chi connectivity index (χ4v) is 2.87. The predicted octanol–water partition coefficient (Wildman–Crippen LogP) is 4.25. The van der Waals surface area contributed by atoms with E-state index >= 15 is 0 Å². The first kappa shape index (κ1) is 17.7. The maximum Gasteiger partial charge on any atom is 0.245 e. The van der Waals surface area contributed by atoms with Gasteiger partial charge in [0.2, 0.25) is 11.8 Å². The van der Waals surface area contributed by atoms with Gasteiger partial charge in [-0.3, -0.25) is 0 Å². The van der Waals surface area contributed by atoms with E-state index in [4.69, 9.17) is 15.2 Å². The number of nitrogens with zero attached hydrogens (tertiary/aromatic N) is 3. The third-order valence-corrected chi connectivity index (χ3v) is 4.21. The molecule has 0 aliphatic carbocycles. The molecule has 6 heteroatoms. The van der Waals surface area contributed by atoms with Gasteiger partial charge in [0.1, 0.15) is 12.4 Å². The van der Waals surface area contributed by atoms with Crippen LogP contribution >= 0.6 is 0 Å². The second-order valence-electron chi connectivity index (χ2n) is 6.18. The minimum Gasteiger partial charge on any atom is -0.489 e. The zero-order valence-corrected chi connectivity index (χ0v) is 15.5. The zero-order chi connectivity index (χ0) is 19.3. The van der Waals surface area contributed by atoms with Crippen LogP contribution in [-0.2, 0) is 6.61 Å². The molecule has 0 saturated heterocycles. The number of anilines is 1. The third kappa shape index (κ3) is 3.86. The number of ether oxygens (including phenoxy) is 2. The third-order valence-electron chi connectivity index (χ3n) is 4.21. The van der Waals surface area contributed by atoms with Crippen LogP contribution in [0, 0.1) is 0 Å². The first-order valence-electron chi connectivity index (χ1n) is 9.07. The normalized spacial score (nSPS) is 10.8. The molecule has 0 saturated carbocycles. The van der Waals surface area contributed by atoms with Gasteiger partial charge in [-0.15, -0.1) is 0 Å². The standard InChI is InChI=1S/C22H20N4O2/c1-2-27-21-20-19(25-22(23)26-21)13-12-18(24-20)16-8-10-17(11-9-16)28-14-15-6-4-3-5-7-15/h3-13H,2,14H2,1H3,(H2,23,25,26). The van der Waals surface area contributed by atoms with Gasteiger partial charge in [0, 0.05) is 5.56 Å². The molecule has 2 N–H and O–H groups in total. The van der Waals surface area contributed by atoms with Crippen molar-refractivity contribution < 1.29 is 9.47 Å². The Bertz CT molecular complexity index is 1080. The molecule has 2 aromatic carbocycles. The smallest absolute Gasteiger partial charge is 0.245 e. The van der Waals surface area contributed by atoms with Crippen LogP contribution in [0.2, 0.25) is 0 Å². The van der Waals surface area contributed by atoms with Gasteiger partial charge in [-0.25, -0.2) is 9.97 Å². The first-order chi connectivity index (χ1) is 13.7. The van der Waals surface area contributed by atoms with Gasteiger partial charge in [-0.2, -0.15) is 4.98 Å². The van der Waals surface area contributed by atoms with Crippen LogP contribution in [-0.4, -0.2) is 21.6 Å². The van der Waals surface area contributed by atoms with E-state index in [0.717, 1.165) is 22.6 Å². The van der Waals surface area contributed by atoms with Crippen LogP contribution in [0.25, 0.3) is 22.3 Å². The number of hydrogen-bond acceptors (Lipinski definition) is 6. The molecule has 0 aliphatic heterocycles. The van der Waals surface area contributed by atoms with Crippen molar-refractivity contribution in [2.24, 2.45) is 0 Å². The summed E-state index contributed by atoms with van der Waals surface area (Å²) in [5.41, 5.74) is 9.90. The van der Waals surface area contributed by atoms with E-state index in [9.17, 15) is 0 Å². The second-order valence-corrected chi connectivity index (χ2v) is 6.18. The van der Waals surface area contributed by atoms with Crippen molar-refractivity contribution in [1.29, 1.82) is 0 Å². The van der Waals surface area contributed by atoms with Crippen molar-refractivity contribution >= 4 is 17.0 Å². The lowest BCUT2D eigenvalue weighted by Gasteiger charge is -2.09. The number of nitrogens with two attached hydrogens (primary N) is 1. The van der Waals surface area contributed by atoms with Crippen molar-refractivity contribution in [2.45, 2.75) is 13.5 Å². The van der Waals surface area contributed by atoms with Crippen LogP contribution in [0.4, 0.5) is 5.95 Å². The Kier molecular flexibility index (Phi) is 5.01. The number of fused-ring (bicyclic) bond motifs is 1. The maximum absolute atomic E-state index is 5.84. The molecule has 0 atom stereocenters. The van der Waals surface area contributed by atoms with Gasteiger partial charge < -0.3 is 15.2 Å². The summed E-state index contributed by atoms with van der Waals surface area (Å²) in [6.07, 6.45) is 0. The molecule has 4 aromatic rings. The highest BCUT2D eigenvalue weighted by Gasteiger charge is 2.11. The fourth-order valence-electron chi connectivity index (χ4n) is 2.87. The minimum atomic E-state index is 0.172. The molecule has 0 radical (unpaired) electrons. The van der Waals surface area contributed by atoms with E-state index in [-0.39, 0.29) is 5.95 Å². The van der Waals surface area contributed by atoms with E-state index in [1.54, 1.807) is 0 Å². The van der Waals surface area contributed by atoms with Crippen molar-refractivity contribution in [1.82, 2.24) is 15.0 Å². The highest BCUT2D eigenvalue weighted by atomic mass is 16.5. The lowest BCUT2D eigenvalue weighted by molar-refractivity contribution is 0.306. The molecule has 0 spiro atoms. The lowest BCUT2D eigenvalue weighted by atomic mass is 10.1. The molecule has 140 valence electrons. The summed E-state index contributed by atoms with van der Waals surface area (Å²) in [6, 6.07) is 21.7. The molecule has 0 bridgehead atoms. The number of hydrogen-bond donors (Lipinski definition) is 1. The summed E-state index contributed by atoms with van der Waals surface area (Å²) in [7, 11) is 0. The number of rotatable bonds is 6. The van der Waals surface area contributed by atoms with Crippen LogP contribution in [0.5, 0.6) is 11.6 Å². The molecule has 2 aromatic heterocycles. The fraction of sp³-hybridized carbons (Fsp3) is 0.136. The van der Waals surface area contributed by atoms with Crippen molar-refractivity contribution in [3.05, 3.63) is 72.3 Å². The summed E-state index contributed by atoms with van der Waals surface area (Å²) in [5.74, 6) is 1.37. The summed E-state index contributed by atoms with van der Waals surface area (Å²) in [4.78, 5) is 13.1. The molecule has 2 heterocycles. The summed E-state index contributed by atoms with van der Waals surface area (Å²) in [5, 5.41) is 0. The zero-order valence-electron chi connectivity index (χ0n) is 15.5. The van der Waals surface area contributed by atoms with Gasteiger partial charge in [0.15, 0.2) is 5.52 Å². The summed E-state index contributed by atoms with van der Waals surface area (Å²) in [6.45, 7) is 2.90. The van der Waals surface area contributed by atoms with Crippen LogP contribution in [0.3, 0.4) is 0 Å². The van der Waals surface area contributed by atoms with Crippen LogP contribution in [0.15, 0.2) is 66.7 Å². The molecule has 6 nitrogen and oxygen atoms in total. The van der Waals surface area contributed by atoms with Gasteiger partial charge in [-0.05, 0) is 48.9 Å². The van der Waals surface area contributed by atoms with Crippen LogP contribution in [0.1, 0.15) is 12.5 Å². The Labute approximate surface area is 163 Å². The SMILES string of the molecule is CCOc1nc(N)nc2ccc(-c3ccc(OCc4ccccc4)cc3)nc12. The van der Waals surface area contributed by atoms with E-state index in [0.29, 0.717) is 30.1 Å². The minimum absolute atomic E-state index is 0.172. The number of pyridine rings is 1. The van der Waals surface area contributed by atoms with E-state index in [1.807, 2.05) is 73.7 Å². The number of aromatic nitrogens is 3. The quantitative estimate of drug-likeness (QED) is 0.545. The van der Waals surface area contributed by atoms with Crippen LogP contribution < -0.4 is 15.2 Å². The van der Waals surface area contributed by atoms with Crippen molar-refractivity contribution in [2.75, 3.05) is 12.3 Å². The predicted molar refractivity (Wildman–Crippen MR) is 109 cm³/mol. The number of benzene rings is 2. The molecule has 0 aliphatic rings. The molecule has 0 fully saturated rings. The first-order valence-corrected chi connectivity index (χ1v) is 9.07. The van der Waals surface area contributed by atoms with Crippen molar-refractivity contribution in [3.8, 4) is 22.9 Å². The molecular weight excluding hydrogens is 352 g/mol. The van der Waals surface area contributed by atoms with E-state index in [1.165, 1.54) is 0 Å². The Hall–Kier alpha value is -3.67. The monoisotopic (exact) mass is 372 g/mol. The van der Waals surface area contributed by atoms with Gasteiger partial charge in [0.25, 0.3) is 0 Å². The Morgan fingerprint density at radius 1 is 0.821 bits per heavy atom. The molecule has 0 unspecified atom stereocenters. The highest BCUT2D eigenvalue weighted by Crippen LogP contribution is 2.27. The second kappa shape index (κ2) is 7.92. The Morgan fingerprint density at radius 2 is 1.61 bits per heavy atom. The summed E-state index contributed by atoms with van der Waals surface area (Å²) < 4.78 is 11.4. The highest BCUT2D eigenvalue weighted by molar-refractivity contribution is 5.83. The van der Waals surface area contributed by atoms with Gasteiger partial charge >= 0.3 is 0 Å². The topological polar surface area (TPSA) is 83.2 Å². The lowest BCUT2D eigenvalue weighted by Crippen LogP contribution is -2.02. The molecule has 28 heavy (non-hydrogen) atoms. The average Bonchev–Trinajstić information content (AvgIpc) is 2.73. The van der Waals surface area contributed by atoms with E-state index < -0.39 is 0 Å². The summed E-state index contributed by atoms with van der Waals surface area (Å²) >= 11 is 0. The van der Waals surface area contributed by atoms with Crippen molar-refractivity contribution in [3.63, 3.8) is 0 Å². The molecule has 4 rings (SSSR count). The average molecular weight is 372 g/mol. The maximum atomic E-state index is 5.84.